The van der Waals surface area contributed by atoms with Crippen molar-refractivity contribution in [2.24, 2.45) is 0 Å². The molecule has 0 unspecified atom stereocenters. The minimum Gasteiger partial charge on any atom is -0.376 e. The van der Waals surface area contributed by atoms with E-state index in [1.807, 2.05) is 0 Å². The highest BCUT2D eigenvalue weighted by molar-refractivity contribution is 14.1. The summed E-state index contributed by atoms with van der Waals surface area (Å²) in [5, 5.41) is 3.25. The van der Waals surface area contributed by atoms with Gasteiger partial charge in [-0.3, -0.25) is 0 Å². The lowest BCUT2D eigenvalue weighted by molar-refractivity contribution is 0.0658. The summed E-state index contributed by atoms with van der Waals surface area (Å²) in [4.78, 5) is 8.11. The van der Waals surface area contributed by atoms with Crippen LogP contribution in [-0.4, -0.2) is 29.2 Å². The Morgan fingerprint density at radius 2 is 2.25 bits per heavy atom. The zero-order chi connectivity index (χ0) is 11.2. The Kier molecular flexibility index (Phi) is 4.77. The average molecular weight is 333 g/mol. The molecule has 1 saturated carbocycles. The lowest BCUT2D eigenvalue weighted by Gasteiger charge is -2.12. The van der Waals surface area contributed by atoms with Crippen LogP contribution in [-0.2, 0) is 4.74 Å². The molecule has 0 spiro atoms. The predicted octanol–water partition coefficient (Wildman–Crippen LogP) is 2.45. The Hall–Kier alpha value is -0.430. The highest BCUT2D eigenvalue weighted by Crippen LogP contribution is 2.20. The molecule has 16 heavy (non-hydrogen) atoms. The number of ether oxygens (including phenoxy) is 1. The van der Waals surface area contributed by atoms with Crippen LogP contribution in [0.2, 0.25) is 0 Å². The van der Waals surface area contributed by atoms with E-state index in [1.54, 1.807) is 12.5 Å². The molecule has 1 aliphatic rings. The molecule has 1 aliphatic carbocycles. The molecule has 0 aliphatic heterocycles. The minimum absolute atomic E-state index is 0.492. The van der Waals surface area contributed by atoms with Gasteiger partial charge in [0, 0.05) is 12.7 Å². The summed E-state index contributed by atoms with van der Waals surface area (Å²) in [5.41, 5.74) is 0. The SMILES string of the molecule is Ic1cncnc1NCCOC1CCCC1. The molecule has 4 nitrogen and oxygen atoms in total. The first kappa shape index (κ1) is 12.0. The maximum Gasteiger partial charge on any atom is 0.142 e. The van der Waals surface area contributed by atoms with Crippen molar-refractivity contribution in [2.45, 2.75) is 31.8 Å². The molecule has 2 rings (SSSR count). The maximum atomic E-state index is 5.76. The van der Waals surface area contributed by atoms with Crippen LogP contribution >= 0.6 is 22.6 Å². The van der Waals surface area contributed by atoms with E-state index in [4.69, 9.17) is 4.74 Å². The van der Waals surface area contributed by atoms with Crippen LogP contribution in [0.5, 0.6) is 0 Å². The van der Waals surface area contributed by atoms with Gasteiger partial charge in [-0.15, -0.1) is 0 Å². The number of aromatic nitrogens is 2. The maximum absolute atomic E-state index is 5.76. The monoisotopic (exact) mass is 333 g/mol. The average Bonchev–Trinajstić information content (AvgIpc) is 2.79. The molecule has 1 aromatic heterocycles. The molecule has 1 N–H and O–H groups in total. The summed E-state index contributed by atoms with van der Waals surface area (Å²) in [6.07, 6.45) is 8.95. The third-order valence-corrected chi connectivity index (χ3v) is 3.51. The van der Waals surface area contributed by atoms with Crippen LogP contribution in [0.15, 0.2) is 12.5 Å². The van der Waals surface area contributed by atoms with Gasteiger partial charge < -0.3 is 10.1 Å². The highest BCUT2D eigenvalue weighted by Gasteiger charge is 2.14. The van der Waals surface area contributed by atoms with E-state index in [9.17, 15) is 0 Å². The van der Waals surface area contributed by atoms with Gasteiger partial charge in [0.25, 0.3) is 0 Å². The summed E-state index contributed by atoms with van der Waals surface area (Å²) in [7, 11) is 0. The molecule has 1 aromatic rings. The largest absolute Gasteiger partial charge is 0.376 e. The Balaban J connectivity index is 1.66. The highest BCUT2D eigenvalue weighted by atomic mass is 127. The van der Waals surface area contributed by atoms with E-state index in [0.29, 0.717) is 6.10 Å². The third-order valence-electron chi connectivity index (χ3n) is 2.72. The van der Waals surface area contributed by atoms with Gasteiger partial charge in [-0.05, 0) is 35.4 Å². The van der Waals surface area contributed by atoms with Crippen molar-refractivity contribution in [1.82, 2.24) is 9.97 Å². The number of hydrogen-bond donors (Lipinski definition) is 1. The van der Waals surface area contributed by atoms with Crippen molar-refractivity contribution in [3.05, 3.63) is 16.1 Å². The second-order valence-corrected chi connectivity index (χ2v) is 5.09. The summed E-state index contributed by atoms with van der Waals surface area (Å²) < 4.78 is 6.80. The van der Waals surface area contributed by atoms with Gasteiger partial charge >= 0.3 is 0 Å². The van der Waals surface area contributed by atoms with Crippen molar-refractivity contribution in [3.8, 4) is 0 Å². The van der Waals surface area contributed by atoms with Gasteiger partial charge in [-0.25, -0.2) is 9.97 Å². The van der Waals surface area contributed by atoms with Crippen molar-refractivity contribution in [3.63, 3.8) is 0 Å². The molecule has 0 bridgehead atoms. The zero-order valence-corrected chi connectivity index (χ0v) is 11.3. The minimum atomic E-state index is 0.492. The van der Waals surface area contributed by atoms with Gasteiger partial charge in [0.1, 0.15) is 12.1 Å². The molecule has 1 heterocycles. The zero-order valence-electron chi connectivity index (χ0n) is 9.16. The van der Waals surface area contributed by atoms with Crippen molar-refractivity contribution in [2.75, 3.05) is 18.5 Å². The number of anilines is 1. The Morgan fingerprint density at radius 1 is 1.44 bits per heavy atom. The third kappa shape index (κ3) is 3.55. The fourth-order valence-electron chi connectivity index (χ4n) is 1.89. The normalized spacial score (nSPS) is 16.6. The summed E-state index contributed by atoms with van der Waals surface area (Å²) in [6, 6.07) is 0. The molecule has 88 valence electrons. The van der Waals surface area contributed by atoms with Crippen LogP contribution in [0.1, 0.15) is 25.7 Å². The molecule has 0 amide bonds. The van der Waals surface area contributed by atoms with E-state index in [-0.39, 0.29) is 0 Å². The van der Waals surface area contributed by atoms with Crippen LogP contribution in [0.4, 0.5) is 5.82 Å². The summed E-state index contributed by atoms with van der Waals surface area (Å²) in [5.74, 6) is 0.894. The van der Waals surface area contributed by atoms with Crippen molar-refractivity contribution >= 4 is 28.4 Å². The molecule has 0 atom stereocenters. The second kappa shape index (κ2) is 6.34. The van der Waals surface area contributed by atoms with E-state index >= 15 is 0 Å². The van der Waals surface area contributed by atoms with Crippen LogP contribution < -0.4 is 5.32 Å². The standard InChI is InChI=1S/C11H16IN3O/c12-10-7-13-8-15-11(10)14-5-6-16-9-3-1-2-4-9/h7-9H,1-6H2,(H,13,14,15). The first-order chi connectivity index (χ1) is 7.86. The number of nitrogens with zero attached hydrogens (tertiary/aromatic N) is 2. The molecule has 0 saturated heterocycles. The molecular formula is C11H16IN3O. The van der Waals surface area contributed by atoms with E-state index in [0.717, 1.165) is 22.5 Å². The molecular weight excluding hydrogens is 317 g/mol. The van der Waals surface area contributed by atoms with Gasteiger partial charge in [-0.2, -0.15) is 0 Å². The fraction of sp³-hybridized carbons (Fsp3) is 0.636. The quantitative estimate of drug-likeness (QED) is 0.664. The molecule has 1 fully saturated rings. The Labute approximate surface area is 109 Å². The van der Waals surface area contributed by atoms with Crippen LogP contribution in [0, 0.1) is 3.57 Å². The lowest BCUT2D eigenvalue weighted by Crippen LogP contribution is -2.16. The first-order valence-corrected chi connectivity index (χ1v) is 6.75. The number of halogens is 1. The molecule has 5 heteroatoms. The molecule has 0 radical (unpaired) electrons. The number of hydrogen-bond acceptors (Lipinski definition) is 4. The summed E-state index contributed by atoms with van der Waals surface area (Å²) in [6.45, 7) is 1.56. The summed E-state index contributed by atoms with van der Waals surface area (Å²) >= 11 is 2.22. The van der Waals surface area contributed by atoms with Gasteiger partial charge in [0.15, 0.2) is 0 Å². The first-order valence-electron chi connectivity index (χ1n) is 5.67. The van der Waals surface area contributed by atoms with Gasteiger partial charge in [0.2, 0.25) is 0 Å². The van der Waals surface area contributed by atoms with E-state index in [1.165, 1.54) is 25.7 Å². The number of rotatable bonds is 5. The Bertz CT molecular complexity index is 329. The smallest absolute Gasteiger partial charge is 0.142 e. The lowest BCUT2D eigenvalue weighted by atomic mass is 10.3. The predicted molar refractivity (Wildman–Crippen MR) is 71.4 cm³/mol. The van der Waals surface area contributed by atoms with Gasteiger partial charge in [-0.1, -0.05) is 12.8 Å². The van der Waals surface area contributed by atoms with Gasteiger partial charge in [0.05, 0.1) is 16.3 Å². The number of nitrogens with one attached hydrogen (secondary N) is 1. The van der Waals surface area contributed by atoms with Crippen molar-refractivity contribution < 1.29 is 4.74 Å². The van der Waals surface area contributed by atoms with E-state index in [2.05, 4.69) is 37.9 Å². The van der Waals surface area contributed by atoms with E-state index < -0.39 is 0 Å². The fourth-order valence-corrected chi connectivity index (χ4v) is 2.38. The topological polar surface area (TPSA) is 47.0 Å². The second-order valence-electron chi connectivity index (χ2n) is 3.92. The molecule has 0 aromatic carbocycles. The Morgan fingerprint density at radius 3 is 3.00 bits per heavy atom. The van der Waals surface area contributed by atoms with Crippen LogP contribution in [0.3, 0.4) is 0 Å². The van der Waals surface area contributed by atoms with Crippen LogP contribution in [0.25, 0.3) is 0 Å². The van der Waals surface area contributed by atoms with Crippen molar-refractivity contribution in [1.29, 1.82) is 0 Å².